The van der Waals surface area contributed by atoms with Crippen LogP contribution in [0, 0.1) is 0 Å². The molecule has 0 aliphatic carbocycles. The van der Waals surface area contributed by atoms with Gasteiger partial charge < -0.3 is 4.52 Å². The predicted molar refractivity (Wildman–Crippen MR) is 70.8 cm³/mol. The van der Waals surface area contributed by atoms with Crippen LogP contribution in [0.3, 0.4) is 0 Å². The minimum absolute atomic E-state index is 0.0221. The molecule has 0 fully saturated rings. The number of rotatable bonds is 3. The number of hydrogen-bond acceptors (Lipinski definition) is 3. The van der Waals surface area contributed by atoms with Crippen LogP contribution >= 0.6 is 15.9 Å². The summed E-state index contributed by atoms with van der Waals surface area (Å²) in [5, 5.41) is 3.42. The van der Waals surface area contributed by atoms with E-state index < -0.39 is 44.9 Å². The summed E-state index contributed by atoms with van der Waals surface area (Å²) in [4.78, 5) is -0.598. The largest absolute Gasteiger partial charge is 0.416 e. The summed E-state index contributed by atoms with van der Waals surface area (Å²) in [6.07, 6.45) is -9.98. The van der Waals surface area contributed by atoms with Gasteiger partial charge in [0, 0.05) is 11.0 Å². The van der Waals surface area contributed by atoms with E-state index in [4.69, 9.17) is 4.52 Å². The van der Waals surface area contributed by atoms with Crippen LogP contribution in [0.15, 0.2) is 38.3 Å². The molecule has 1 unspecified atom stereocenters. The first kappa shape index (κ1) is 18.0. The average Bonchev–Trinajstić information content (AvgIpc) is 2.81. The fraction of sp³-hybridized carbons (Fsp3) is 0.250. The van der Waals surface area contributed by atoms with Crippen LogP contribution in [0.1, 0.15) is 16.9 Å². The Morgan fingerprint density at radius 3 is 1.91 bits per heavy atom. The highest BCUT2D eigenvalue weighted by Crippen LogP contribution is 2.37. The maximum Gasteiger partial charge on any atom is 0.416 e. The molecular formula is C12H6BrF6NO2S. The van der Waals surface area contributed by atoms with E-state index in [2.05, 4.69) is 21.1 Å². The van der Waals surface area contributed by atoms with E-state index in [0.29, 0.717) is 12.1 Å². The molecule has 2 rings (SSSR count). The summed E-state index contributed by atoms with van der Waals surface area (Å²) in [6.45, 7) is 0. The molecule has 11 heteroatoms. The predicted octanol–water partition coefficient (Wildman–Crippen LogP) is 4.78. The second kappa shape index (κ2) is 6.27. The van der Waals surface area contributed by atoms with Gasteiger partial charge in [-0.05, 0) is 34.1 Å². The van der Waals surface area contributed by atoms with Crippen LogP contribution < -0.4 is 0 Å². The lowest BCUT2D eigenvalue weighted by atomic mass is 10.1. The zero-order valence-corrected chi connectivity index (χ0v) is 13.2. The van der Waals surface area contributed by atoms with Gasteiger partial charge >= 0.3 is 12.4 Å². The smallest absolute Gasteiger partial charge is 0.359 e. The van der Waals surface area contributed by atoms with Gasteiger partial charge in [0.25, 0.3) is 0 Å². The number of benzene rings is 1. The molecule has 1 atom stereocenters. The molecule has 0 aliphatic heterocycles. The molecule has 0 N–H and O–H groups in total. The molecule has 3 nitrogen and oxygen atoms in total. The molecule has 23 heavy (non-hydrogen) atoms. The van der Waals surface area contributed by atoms with Crippen molar-refractivity contribution < 1.29 is 35.1 Å². The molecule has 0 saturated heterocycles. The number of hydrogen-bond donors (Lipinski definition) is 0. The fourth-order valence-corrected chi connectivity index (χ4v) is 3.03. The summed E-state index contributed by atoms with van der Waals surface area (Å²) < 4.78 is 93.4. The first-order valence-corrected chi connectivity index (χ1v) is 7.87. The third kappa shape index (κ3) is 4.56. The van der Waals surface area contributed by atoms with Gasteiger partial charge in [-0.3, -0.25) is 4.21 Å². The van der Waals surface area contributed by atoms with Gasteiger partial charge in [0.05, 0.1) is 27.7 Å². The normalized spacial score (nSPS) is 14.0. The first-order chi connectivity index (χ1) is 10.5. The third-order valence-electron chi connectivity index (χ3n) is 2.63. The molecule has 0 aliphatic rings. The van der Waals surface area contributed by atoms with Crippen LogP contribution in [0.5, 0.6) is 0 Å². The van der Waals surface area contributed by atoms with Gasteiger partial charge in [0.2, 0.25) is 0 Å². The van der Waals surface area contributed by atoms with Crippen molar-refractivity contribution in [3.05, 3.63) is 45.8 Å². The lowest BCUT2D eigenvalue weighted by Gasteiger charge is -2.13. The Hall–Kier alpha value is -1.36. The summed E-state index contributed by atoms with van der Waals surface area (Å²) in [6, 6.07) is 2.15. The van der Waals surface area contributed by atoms with E-state index in [-0.39, 0.29) is 16.4 Å². The molecule has 2 aromatic rings. The minimum Gasteiger partial charge on any atom is -0.359 e. The van der Waals surface area contributed by atoms with E-state index in [1.54, 1.807) is 0 Å². The van der Waals surface area contributed by atoms with E-state index >= 15 is 0 Å². The van der Waals surface area contributed by atoms with E-state index in [1.807, 2.05) is 0 Å². The van der Waals surface area contributed by atoms with Crippen molar-refractivity contribution in [2.24, 2.45) is 0 Å². The minimum atomic E-state index is -4.99. The zero-order valence-electron chi connectivity index (χ0n) is 10.8. The molecule has 1 aromatic carbocycles. The van der Waals surface area contributed by atoms with Crippen molar-refractivity contribution >= 4 is 26.7 Å². The highest BCUT2D eigenvalue weighted by atomic mass is 79.9. The van der Waals surface area contributed by atoms with Crippen LogP contribution in [-0.2, 0) is 28.9 Å². The van der Waals surface area contributed by atoms with Crippen molar-refractivity contribution in [3.8, 4) is 0 Å². The Kier molecular flexibility index (Phi) is 4.90. The van der Waals surface area contributed by atoms with Gasteiger partial charge in [0.15, 0.2) is 5.76 Å². The maximum atomic E-state index is 12.7. The van der Waals surface area contributed by atoms with E-state index in [0.717, 1.165) is 0 Å². The van der Waals surface area contributed by atoms with Gasteiger partial charge in [-0.15, -0.1) is 0 Å². The number of aromatic nitrogens is 1. The van der Waals surface area contributed by atoms with Crippen molar-refractivity contribution in [1.82, 2.24) is 5.16 Å². The number of alkyl halides is 6. The highest BCUT2D eigenvalue weighted by molar-refractivity contribution is 9.10. The van der Waals surface area contributed by atoms with Crippen molar-refractivity contribution in [2.45, 2.75) is 23.0 Å². The van der Waals surface area contributed by atoms with Gasteiger partial charge in [0.1, 0.15) is 4.60 Å². The summed E-state index contributed by atoms with van der Waals surface area (Å²) in [5.74, 6) is -0.349. The highest BCUT2D eigenvalue weighted by Gasteiger charge is 2.37. The SMILES string of the molecule is O=S(Cc1cc(Br)no1)c1cc(C(F)(F)F)cc(C(F)(F)F)c1. The van der Waals surface area contributed by atoms with Crippen LogP contribution in [0.4, 0.5) is 26.3 Å². The van der Waals surface area contributed by atoms with Crippen molar-refractivity contribution in [1.29, 1.82) is 0 Å². The van der Waals surface area contributed by atoms with E-state index in [1.165, 1.54) is 6.07 Å². The van der Waals surface area contributed by atoms with Crippen molar-refractivity contribution in [3.63, 3.8) is 0 Å². The lowest BCUT2D eigenvalue weighted by Crippen LogP contribution is -2.12. The van der Waals surface area contributed by atoms with Gasteiger partial charge in [-0.2, -0.15) is 26.3 Å². The number of halogens is 7. The molecule has 0 saturated carbocycles. The quantitative estimate of drug-likeness (QED) is 0.669. The Bertz CT molecular complexity index is 708. The Morgan fingerprint density at radius 1 is 1.00 bits per heavy atom. The molecular weight excluding hydrogens is 416 g/mol. The Morgan fingerprint density at radius 2 is 1.52 bits per heavy atom. The topological polar surface area (TPSA) is 43.1 Å². The van der Waals surface area contributed by atoms with Crippen LogP contribution in [-0.4, -0.2) is 9.37 Å². The molecule has 1 aromatic heterocycles. The molecule has 0 spiro atoms. The molecule has 0 radical (unpaired) electrons. The molecule has 0 bridgehead atoms. The van der Waals surface area contributed by atoms with Crippen LogP contribution in [0.2, 0.25) is 0 Å². The Labute approximate surface area is 136 Å². The zero-order chi connectivity index (χ0) is 17.4. The lowest BCUT2D eigenvalue weighted by molar-refractivity contribution is -0.143. The second-order valence-corrected chi connectivity index (χ2v) is 6.61. The standard InChI is InChI=1S/C12H6BrF6NO2S/c13-10-4-8(22-20-10)5-23(21)9-2-6(11(14,15)16)1-7(3-9)12(17,18)19/h1-4H,5H2. The van der Waals surface area contributed by atoms with Crippen molar-refractivity contribution in [2.75, 3.05) is 0 Å². The molecule has 0 amide bonds. The monoisotopic (exact) mass is 421 g/mol. The summed E-state index contributed by atoms with van der Waals surface area (Å²) in [7, 11) is -2.17. The summed E-state index contributed by atoms with van der Waals surface area (Å²) in [5.41, 5.74) is -3.04. The summed E-state index contributed by atoms with van der Waals surface area (Å²) >= 11 is 2.95. The molecule has 1 heterocycles. The van der Waals surface area contributed by atoms with Gasteiger partial charge in [-0.25, -0.2) is 0 Å². The third-order valence-corrected chi connectivity index (χ3v) is 4.31. The van der Waals surface area contributed by atoms with E-state index in [9.17, 15) is 30.6 Å². The molecule has 126 valence electrons. The fourth-order valence-electron chi connectivity index (χ4n) is 1.63. The van der Waals surface area contributed by atoms with Crippen LogP contribution in [0.25, 0.3) is 0 Å². The Balaban J connectivity index is 2.42. The maximum absolute atomic E-state index is 12.7. The second-order valence-electron chi connectivity index (χ2n) is 4.35. The average molecular weight is 422 g/mol. The van der Waals surface area contributed by atoms with Gasteiger partial charge in [-0.1, -0.05) is 5.16 Å². The first-order valence-electron chi connectivity index (χ1n) is 5.76. The number of nitrogens with zero attached hydrogens (tertiary/aromatic N) is 1.